The summed E-state index contributed by atoms with van der Waals surface area (Å²) in [6.07, 6.45) is 1.89. The van der Waals surface area contributed by atoms with E-state index in [1.807, 2.05) is 12.3 Å². The Balaban J connectivity index is 1.27. The Morgan fingerprint density at radius 1 is 0.574 bits per heavy atom. The monoisotopic (exact) mass is 714 g/mol. The lowest BCUT2D eigenvalue weighted by atomic mass is 9.33. The predicted molar refractivity (Wildman–Crippen MR) is 229 cm³/mol. The van der Waals surface area contributed by atoms with Gasteiger partial charge in [-0.15, -0.1) is 11.3 Å². The molecule has 0 unspecified atom stereocenters. The van der Waals surface area contributed by atoms with Crippen molar-refractivity contribution in [3.05, 3.63) is 175 Å². The van der Waals surface area contributed by atoms with E-state index in [2.05, 4.69) is 176 Å². The van der Waals surface area contributed by atoms with Crippen molar-refractivity contribution in [2.75, 3.05) is 9.80 Å². The van der Waals surface area contributed by atoms with Crippen LogP contribution in [0.25, 0.3) is 32.0 Å². The maximum absolute atomic E-state index is 5.13. The van der Waals surface area contributed by atoms with Gasteiger partial charge >= 0.3 is 0 Å². The zero-order chi connectivity index (χ0) is 36.4. The summed E-state index contributed by atoms with van der Waals surface area (Å²) in [6.45, 7) is 8.53. The molecular weight excluding hydrogens is 675 g/mol. The number of fused-ring (bicyclic) bond motifs is 5. The molecule has 10 rings (SSSR count). The first kappa shape index (κ1) is 32.7. The molecule has 4 nitrogen and oxygen atoms in total. The van der Waals surface area contributed by atoms with Gasteiger partial charge in [0.2, 0.25) is 0 Å². The standard InChI is InChI=1S/C48H39BN4S/c1-48(2,3)36-28-43-46-44(29-36)53(31-33-16-8-5-9-17-33)42-24-22-35(47-51-40-19-10-11-20-45(40)54-47)27-38(42)49(46)37-26-34(39-18-12-13-25-50-39)21-23-41(37)52(43)30-32-14-6-4-7-15-32/h4-29H,30-31H2,1-3H3. The van der Waals surface area contributed by atoms with Gasteiger partial charge in [-0.25, -0.2) is 4.98 Å². The minimum absolute atomic E-state index is 0.00561. The van der Waals surface area contributed by atoms with Crippen molar-refractivity contribution in [1.82, 2.24) is 9.97 Å². The number of benzene rings is 6. The molecular formula is C48H39BN4S. The molecule has 2 aliphatic rings. The third-order valence-corrected chi connectivity index (χ3v) is 12.1. The van der Waals surface area contributed by atoms with Crippen LogP contribution in [0.1, 0.15) is 37.5 Å². The van der Waals surface area contributed by atoms with Gasteiger partial charge in [0.05, 0.1) is 15.9 Å². The molecule has 0 spiro atoms. The molecule has 0 bridgehead atoms. The highest BCUT2D eigenvalue weighted by atomic mass is 32.1. The maximum atomic E-state index is 5.13. The highest BCUT2D eigenvalue weighted by Crippen LogP contribution is 2.43. The number of rotatable bonds is 6. The lowest BCUT2D eigenvalue weighted by molar-refractivity contribution is 0.590. The number of para-hydroxylation sites is 1. The largest absolute Gasteiger partial charge is 0.338 e. The number of nitrogens with zero attached hydrogens (tertiary/aromatic N) is 4. The van der Waals surface area contributed by atoms with Crippen molar-refractivity contribution < 1.29 is 0 Å². The fraction of sp³-hybridized carbons (Fsp3) is 0.125. The van der Waals surface area contributed by atoms with Gasteiger partial charge in [-0.1, -0.05) is 118 Å². The van der Waals surface area contributed by atoms with E-state index in [1.54, 1.807) is 11.3 Å². The quantitative estimate of drug-likeness (QED) is 0.161. The number of thiazole rings is 1. The van der Waals surface area contributed by atoms with Gasteiger partial charge < -0.3 is 9.80 Å². The first-order valence-electron chi connectivity index (χ1n) is 18.8. The van der Waals surface area contributed by atoms with Crippen LogP contribution in [0.2, 0.25) is 0 Å². The third-order valence-electron chi connectivity index (χ3n) is 11.0. The molecule has 8 aromatic rings. The number of anilines is 4. The fourth-order valence-electron chi connectivity index (χ4n) is 8.29. The minimum Gasteiger partial charge on any atom is -0.338 e. The summed E-state index contributed by atoms with van der Waals surface area (Å²) >= 11 is 1.77. The summed E-state index contributed by atoms with van der Waals surface area (Å²) in [5.74, 6) is 0. The van der Waals surface area contributed by atoms with Crippen molar-refractivity contribution in [3.8, 4) is 21.8 Å². The Kier molecular flexibility index (Phi) is 7.78. The second-order valence-electron chi connectivity index (χ2n) is 15.5. The third kappa shape index (κ3) is 5.60. The van der Waals surface area contributed by atoms with Crippen LogP contribution in [0, 0.1) is 0 Å². The average molecular weight is 715 g/mol. The van der Waals surface area contributed by atoms with Crippen molar-refractivity contribution >= 4 is 67.4 Å². The molecule has 2 aromatic heterocycles. The van der Waals surface area contributed by atoms with Gasteiger partial charge in [-0.3, -0.25) is 4.98 Å². The highest BCUT2D eigenvalue weighted by Gasteiger charge is 2.43. The Morgan fingerprint density at radius 3 is 1.74 bits per heavy atom. The maximum Gasteiger partial charge on any atom is 0.252 e. The molecule has 0 aliphatic carbocycles. The van der Waals surface area contributed by atoms with Crippen LogP contribution >= 0.6 is 11.3 Å². The number of pyridine rings is 1. The summed E-state index contributed by atoms with van der Waals surface area (Å²) in [5.41, 5.74) is 17.1. The molecule has 6 aromatic carbocycles. The topological polar surface area (TPSA) is 32.3 Å². The Bertz CT molecular complexity index is 2620. The first-order valence-corrected chi connectivity index (χ1v) is 19.6. The van der Waals surface area contributed by atoms with Gasteiger partial charge in [-0.2, -0.15) is 0 Å². The fourth-order valence-corrected chi connectivity index (χ4v) is 9.26. The summed E-state index contributed by atoms with van der Waals surface area (Å²) in [4.78, 5) is 15.1. The van der Waals surface area contributed by atoms with Gasteiger partial charge in [0.1, 0.15) is 5.01 Å². The molecule has 260 valence electrons. The van der Waals surface area contributed by atoms with Gasteiger partial charge in [0.15, 0.2) is 0 Å². The molecule has 4 heterocycles. The molecule has 0 radical (unpaired) electrons. The highest BCUT2D eigenvalue weighted by molar-refractivity contribution is 7.21. The predicted octanol–water partition coefficient (Wildman–Crippen LogP) is 10.1. The zero-order valence-corrected chi connectivity index (χ0v) is 31.5. The number of hydrogen-bond acceptors (Lipinski definition) is 5. The summed E-state index contributed by atoms with van der Waals surface area (Å²) in [6, 6.07) is 55.4. The molecule has 0 saturated carbocycles. The Morgan fingerprint density at radius 2 is 1.15 bits per heavy atom. The summed E-state index contributed by atoms with van der Waals surface area (Å²) < 4.78 is 1.21. The van der Waals surface area contributed by atoms with Crippen LogP contribution in [0.4, 0.5) is 22.7 Å². The zero-order valence-electron chi connectivity index (χ0n) is 30.7. The molecule has 54 heavy (non-hydrogen) atoms. The Labute approximate surface area is 321 Å². The number of hydrogen-bond donors (Lipinski definition) is 0. The van der Waals surface area contributed by atoms with Crippen molar-refractivity contribution in [3.63, 3.8) is 0 Å². The molecule has 6 heteroatoms. The Hall–Kier alpha value is -5.98. The van der Waals surface area contributed by atoms with E-state index in [0.717, 1.165) is 40.4 Å². The minimum atomic E-state index is -0.0576. The molecule has 0 N–H and O–H groups in total. The average Bonchev–Trinajstić information content (AvgIpc) is 3.65. The molecule has 0 amide bonds. The second kappa shape index (κ2) is 12.9. The first-order chi connectivity index (χ1) is 26.4. The van der Waals surface area contributed by atoms with E-state index < -0.39 is 0 Å². The van der Waals surface area contributed by atoms with Crippen molar-refractivity contribution in [2.24, 2.45) is 0 Å². The van der Waals surface area contributed by atoms with Crippen LogP contribution in [0.3, 0.4) is 0 Å². The molecule has 0 saturated heterocycles. The molecule has 0 atom stereocenters. The summed E-state index contributed by atoms with van der Waals surface area (Å²) in [7, 11) is 0. The van der Waals surface area contributed by atoms with E-state index in [-0.39, 0.29) is 12.1 Å². The second-order valence-corrected chi connectivity index (χ2v) is 16.5. The van der Waals surface area contributed by atoms with Crippen LogP contribution in [-0.2, 0) is 18.5 Å². The van der Waals surface area contributed by atoms with Gasteiger partial charge in [-0.05, 0) is 98.7 Å². The lowest BCUT2D eigenvalue weighted by Gasteiger charge is -2.45. The normalized spacial score (nSPS) is 13.1. The van der Waals surface area contributed by atoms with Gasteiger partial charge in [0, 0.05) is 47.6 Å². The van der Waals surface area contributed by atoms with E-state index >= 15 is 0 Å². The number of aromatic nitrogens is 2. The van der Waals surface area contributed by atoms with Crippen LogP contribution in [0.15, 0.2) is 158 Å². The van der Waals surface area contributed by atoms with Crippen LogP contribution in [-0.4, -0.2) is 16.7 Å². The van der Waals surface area contributed by atoms with E-state index in [1.165, 1.54) is 60.5 Å². The van der Waals surface area contributed by atoms with Gasteiger partial charge in [0.25, 0.3) is 6.71 Å². The van der Waals surface area contributed by atoms with E-state index in [4.69, 9.17) is 9.97 Å². The smallest absolute Gasteiger partial charge is 0.252 e. The molecule has 2 aliphatic heterocycles. The van der Waals surface area contributed by atoms with Crippen molar-refractivity contribution in [1.29, 1.82) is 0 Å². The molecule has 0 fully saturated rings. The SMILES string of the molecule is CC(C)(C)c1cc2c3c(c1)N(Cc1ccccc1)c1ccc(-c4nc5ccccc5s4)cc1B3c1cc(-c3ccccn3)ccc1N2Cc1ccccc1. The van der Waals surface area contributed by atoms with E-state index in [0.29, 0.717) is 0 Å². The van der Waals surface area contributed by atoms with Crippen molar-refractivity contribution in [2.45, 2.75) is 39.3 Å². The van der Waals surface area contributed by atoms with E-state index in [9.17, 15) is 0 Å². The van der Waals surface area contributed by atoms with Crippen LogP contribution < -0.4 is 26.2 Å². The summed E-state index contributed by atoms with van der Waals surface area (Å²) in [5, 5.41) is 1.05. The van der Waals surface area contributed by atoms with Crippen LogP contribution in [0.5, 0.6) is 0 Å². The lowest BCUT2D eigenvalue weighted by Crippen LogP contribution is -2.62.